The average molecular weight is 161 g/mol. The first-order valence-electron chi connectivity index (χ1n) is 3.22. The summed E-state index contributed by atoms with van der Waals surface area (Å²) < 4.78 is 0. The fourth-order valence-corrected chi connectivity index (χ4v) is 0.328. The molecule has 0 saturated carbocycles. The Labute approximate surface area is 64.4 Å². The molecule has 0 spiro atoms. The molecule has 0 bridgehead atoms. The predicted molar refractivity (Wildman–Crippen MR) is 36.1 cm³/mol. The van der Waals surface area contributed by atoms with Crippen LogP contribution in [-0.2, 0) is 19.4 Å². The summed E-state index contributed by atoms with van der Waals surface area (Å²) in [6.07, 6.45) is 0.445. The zero-order valence-corrected chi connectivity index (χ0v) is 6.49. The molecule has 5 heteroatoms. The Morgan fingerprint density at radius 1 is 1.45 bits per heavy atom. The van der Waals surface area contributed by atoms with E-state index in [0.717, 1.165) is 6.92 Å². The van der Waals surface area contributed by atoms with Gasteiger partial charge in [-0.3, -0.25) is 0 Å². The third-order valence-electron chi connectivity index (χ3n) is 0.984. The van der Waals surface area contributed by atoms with E-state index < -0.39 is 18.0 Å². The molecule has 0 aromatic carbocycles. The lowest BCUT2D eigenvalue weighted by Gasteiger charge is -2.04. The van der Waals surface area contributed by atoms with Crippen molar-refractivity contribution in [2.75, 3.05) is 0 Å². The minimum atomic E-state index is -0.734. The quantitative estimate of drug-likeness (QED) is 0.446. The first-order chi connectivity index (χ1) is 5.07. The Hall–Kier alpha value is -1.10. The highest BCUT2D eigenvalue weighted by atomic mass is 17.2. The number of nitrogens with two attached hydrogens (primary N) is 1. The van der Waals surface area contributed by atoms with Gasteiger partial charge in [-0.05, 0) is 6.42 Å². The Morgan fingerprint density at radius 3 is 2.36 bits per heavy atom. The van der Waals surface area contributed by atoms with Crippen molar-refractivity contribution < 1.29 is 19.4 Å². The van der Waals surface area contributed by atoms with Gasteiger partial charge >= 0.3 is 11.9 Å². The summed E-state index contributed by atoms with van der Waals surface area (Å²) in [5.74, 6) is -1.41. The van der Waals surface area contributed by atoms with Crippen molar-refractivity contribution in [2.45, 2.75) is 26.3 Å². The van der Waals surface area contributed by atoms with Crippen LogP contribution >= 0.6 is 0 Å². The molecule has 2 N–H and O–H groups in total. The van der Waals surface area contributed by atoms with Gasteiger partial charge in [0, 0.05) is 6.92 Å². The topological polar surface area (TPSA) is 78.6 Å². The Bertz CT molecular complexity index is 157. The highest BCUT2D eigenvalue weighted by Crippen LogP contribution is 1.91. The molecule has 0 aliphatic heterocycles. The van der Waals surface area contributed by atoms with E-state index in [4.69, 9.17) is 5.73 Å². The third-order valence-corrected chi connectivity index (χ3v) is 0.984. The van der Waals surface area contributed by atoms with E-state index >= 15 is 0 Å². The van der Waals surface area contributed by atoms with Crippen LogP contribution in [0.4, 0.5) is 0 Å². The summed E-state index contributed by atoms with van der Waals surface area (Å²) >= 11 is 0. The fourth-order valence-electron chi connectivity index (χ4n) is 0.328. The van der Waals surface area contributed by atoms with Crippen molar-refractivity contribution in [1.82, 2.24) is 0 Å². The standard InChI is InChI=1S/C6H11NO4/c1-3-5(7)6(9)11-10-4(2)8/h5H,3,7H2,1-2H3. The van der Waals surface area contributed by atoms with Crippen LogP contribution in [-0.4, -0.2) is 18.0 Å². The smallest absolute Gasteiger partial charge is 0.318 e. The second-order valence-electron chi connectivity index (χ2n) is 1.99. The van der Waals surface area contributed by atoms with Gasteiger partial charge in [-0.2, -0.15) is 0 Å². The zero-order chi connectivity index (χ0) is 8.85. The molecule has 0 aliphatic carbocycles. The van der Waals surface area contributed by atoms with Crippen molar-refractivity contribution in [3.05, 3.63) is 0 Å². The van der Waals surface area contributed by atoms with Crippen LogP contribution in [0.15, 0.2) is 0 Å². The Morgan fingerprint density at radius 2 is 2.00 bits per heavy atom. The highest BCUT2D eigenvalue weighted by molar-refractivity contribution is 5.76. The maximum Gasteiger partial charge on any atom is 0.372 e. The lowest BCUT2D eigenvalue weighted by molar-refractivity contribution is -0.258. The van der Waals surface area contributed by atoms with Crippen LogP contribution < -0.4 is 5.73 Å². The molecule has 0 heterocycles. The predicted octanol–water partition coefficient (Wildman–Crippen LogP) is -0.255. The van der Waals surface area contributed by atoms with Gasteiger partial charge in [-0.15, -0.1) is 0 Å². The molecule has 0 aromatic rings. The largest absolute Gasteiger partial charge is 0.372 e. The molecule has 0 aliphatic rings. The molecule has 0 fully saturated rings. The van der Waals surface area contributed by atoms with Crippen LogP contribution in [0.3, 0.4) is 0 Å². The van der Waals surface area contributed by atoms with Crippen LogP contribution in [0.2, 0.25) is 0 Å². The van der Waals surface area contributed by atoms with E-state index in [2.05, 4.69) is 9.78 Å². The van der Waals surface area contributed by atoms with Crippen molar-refractivity contribution in [2.24, 2.45) is 5.73 Å². The van der Waals surface area contributed by atoms with Gasteiger partial charge in [0.05, 0.1) is 0 Å². The maximum atomic E-state index is 10.7. The van der Waals surface area contributed by atoms with Gasteiger partial charge in [0.25, 0.3) is 0 Å². The van der Waals surface area contributed by atoms with E-state index in [1.807, 2.05) is 0 Å². The minimum absolute atomic E-state index is 0.445. The van der Waals surface area contributed by atoms with Gasteiger partial charge in [0.1, 0.15) is 6.04 Å². The molecule has 0 saturated heterocycles. The Balaban J connectivity index is 3.60. The van der Waals surface area contributed by atoms with E-state index in [1.165, 1.54) is 0 Å². The van der Waals surface area contributed by atoms with Crippen LogP contribution in [0.1, 0.15) is 20.3 Å². The second kappa shape index (κ2) is 4.68. The second-order valence-corrected chi connectivity index (χ2v) is 1.99. The minimum Gasteiger partial charge on any atom is -0.318 e. The van der Waals surface area contributed by atoms with Crippen molar-refractivity contribution in [1.29, 1.82) is 0 Å². The van der Waals surface area contributed by atoms with E-state index in [1.54, 1.807) is 6.92 Å². The van der Waals surface area contributed by atoms with Gasteiger partial charge in [-0.25, -0.2) is 19.4 Å². The number of hydrogen-bond donors (Lipinski definition) is 1. The number of carbonyl (C=O) groups excluding carboxylic acids is 2. The molecule has 64 valence electrons. The van der Waals surface area contributed by atoms with Gasteiger partial charge in [0.2, 0.25) is 0 Å². The van der Waals surface area contributed by atoms with Crippen molar-refractivity contribution in [3.8, 4) is 0 Å². The molecule has 0 radical (unpaired) electrons. The average Bonchev–Trinajstić information content (AvgIpc) is 1.98. The summed E-state index contributed by atoms with van der Waals surface area (Å²) in [7, 11) is 0. The van der Waals surface area contributed by atoms with Crippen LogP contribution in [0.5, 0.6) is 0 Å². The van der Waals surface area contributed by atoms with Crippen molar-refractivity contribution in [3.63, 3.8) is 0 Å². The molecule has 0 amide bonds. The molecule has 5 nitrogen and oxygen atoms in total. The molecule has 0 aromatic heterocycles. The van der Waals surface area contributed by atoms with Crippen LogP contribution in [0.25, 0.3) is 0 Å². The van der Waals surface area contributed by atoms with E-state index in [-0.39, 0.29) is 0 Å². The van der Waals surface area contributed by atoms with Crippen molar-refractivity contribution >= 4 is 11.9 Å². The molecule has 11 heavy (non-hydrogen) atoms. The number of carbonyl (C=O) groups is 2. The normalized spacial score (nSPS) is 11.9. The molecule has 1 unspecified atom stereocenters. The van der Waals surface area contributed by atoms with Gasteiger partial charge < -0.3 is 5.73 Å². The summed E-state index contributed by atoms with van der Waals surface area (Å²) in [5.41, 5.74) is 5.24. The van der Waals surface area contributed by atoms with E-state index in [0.29, 0.717) is 6.42 Å². The first kappa shape index (κ1) is 9.90. The molecular weight excluding hydrogens is 150 g/mol. The molecular formula is C6H11NO4. The maximum absolute atomic E-state index is 10.7. The Kier molecular flexibility index (Phi) is 4.21. The van der Waals surface area contributed by atoms with Gasteiger partial charge in [-0.1, -0.05) is 6.92 Å². The lowest BCUT2D eigenvalue weighted by atomic mass is 10.2. The highest BCUT2D eigenvalue weighted by Gasteiger charge is 2.14. The SMILES string of the molecule is CCC(N)C(=O)OOC(C)=O. The summed E-state index contributed by atoms with van der Waals surface area (Å²) in [5, 5.41) is 0. The molecule has 1 atom stereocenters. The monoisotopic (exact) mass is 161 g/mol. The van der Waals surface area contributed by atoms with Crippen LogP contribution in [0, 0.1) is 0 Å². The summed E-state index contributed by atoms with van der Waals surface area (Å²) in [6.45, 7) is 2.85. The molecule has 0 rings (SSSR count). The van der Waals surface area contributed by atoms with E-state index in [9.17, 15) is 9.59 Å². The zero-order valence-electron chi connectivity index (χ0n) is 6.49. The summed E-state index contributed by atoms with van der Waals surface area (Å²) in [6, 6.07) is -0.727. The van der Waals surface area contributed by atoms with Gasteiger partial charge in [0.15, 0.2) is 0 Å². The third kappa shape index (κ3) is 4.32. The number of hydrogen-bond acceptors (Lipinski definition) is 5. The number of rotatable bonds is 2. The first-order valence-corrected chi connectivity index (χ1v) is 3.22. The fraction of sp³-hybridized carbons (Fsp3) is 0.667. The lowest BCUT2D eigenvalue weighted by Crippen LogP contribution is -2.31. The summed E-state index contributed by atoms with van der Waals surface area (Å²) in [4.78, 5) is 28.8.